The van der Waals surface area contributed by atoms with Gasteiger partial charge in [-0.05, 0) is 274 Å². The Hall–Kier alpha value is -5.25. The molecule has 4 unspecified atom stereocenters. The summed E-state index contributed by atoms with van der Waals surface area (Å²) in [6.07, 6.45) is 5.54. The Morgan fingerprint density at radius 1 is 0.183 bits per heavy atom. The van der Waals surface area contributed by atoms with E-state index in [1.807, 2.05) is 0 Å². The molecule has 0 aliphatic heterocycles. The molecule has 4 atom stereocenters. The molecule has 0 saturated carbocycles. The normalized spacial score (nSPS) is 12.4. The van der Waals surface area contributed by atoms with Gasteiger partial charge in [-0.15, -0.1) is 0 Å². The second-order valence-corrected chi connectivity index (χ2v) is 51.2. The third kappa shape index (κ3) is 33.3. The van der Waals surface area contributed by atoms with Gasteiger partial charge in [-0.25, -0.2) is 0 Å². The molecule has 0 fully saturated rings. The minimum absolute atomic E-state index is 0. The molecular weight excluding hydrogens is 1700 g/mol. The van der Waals surface area contributed by atoms with Crippen molar-refractivity contribution in [3.05, 3.63) is 364 Å². The van der Waals surface area contributed by atoms with Crippen LogP contribution in [0.3, 0.4) is 0 Å². The summed E-state index contributed by atoms with van der Waals surface area (Å²) in [4.78, 5) is 0. The van der Waals surface area contributed by atoms with Gasteiger partial charge in [-0.3, -0.25) is 0 Å². The first kappa shape index (κ1) is 104. The second-order valence-electron chi connectivity index (χ2n) is 31.9. The van der Waals surface area contributed by atoms with Gasteiger partial charge in [0.25, 0.3) is 0 Å². The second kappa shape index (κ2) is 57.4. The van der Waals surface area contributed by atoms with Crippen molar-refractivity contribution < 1.29 is 33.0 Å². The number of benzene rings is 12. The number of nitrogens with one attached hydrogen (secondary N) is 4. The van der Waals surface area contributed by atoms with Gasteiger partial charge in [0.2, 0.25) is 32.9 Å². The molecule has 12 rings (SSSR count). The van der Waals surface area contributed by atoms with E-state index in [9.17, 15) is 0 Å². The van der Waals surface area contributed by atoms with Crippen LogP contribution in [-0.2, 0) is 33.0 Å². The molecule has 12 aromatic carbocycles. The molecule has 0 aliphatic carbocycles. The van der Waals surface area contributed by atoms with Gasteiger partial charge in [0.05, 0.1) is 24.2 Å². The summed E-state index contributed by atoms with van der Waals surface area (Å²) in [7, 11) is -8.95. The van der Waals surface area contributed by atoms with Crippen molar-refractivity contribution >= 4 is 129 Å². The van der Waals surface area contributed by atoms with E-state index in [-0.39, 0.29) is 33.0 Å². The number of unbranched alkanes of at least 4 members (excludes halogenated alkanes) is 3. The summed E-state index contributed by atoms with van der Waals surface area (Å²) in [5, 5.41) is 33.0. The van der Waals surface area contributed by atoms with Gasteiger partial charge in [0, 0.05) is 57.2 Å². The van der Waals surface area contributed by atoms with E-state index in [1.165, 1.54) is 89.3 Å². The van der Waals surface area contributed by atoms with E-state index in [0.29, 0.717) is 48.3 Å². The molecule has 0 amide bonds. The predicted octanol–water partition coefficient (Wildman–Crippen LogP) is 22.0. The van der Waals surface area contributed by atoms with E-state index < -0.39 is 65.2 Å². The molecule has 642 valence electrons. The molecule has 4 N–H and O–H groups in total. The van der Waals surface area contributed by atoms with E-state index >= 15 is 0 Å². The van der Waals surface area contributed by atoms with Gasteiger partial charge >= 0.3 is 0 Å². The van der Waals surface area contributed by atoms with E-state index in [2.05, 4.69) is 527 Å². The van der Waals surface area contributed by atoms with Crippen LogP contribution in [0.25, 0.3) is 0 Å². The zero-order valence-corrected chi connectivity index (χ0v) is 84.5. The fourth-order valence-electron chi connectivity index (χ4n) is 14.2. The van der Waals surface area contributed by atoms with Crippen molar-refractivity contribution in [3.63, 3.8) is 0 Å². The maximum absolute atomic E-state index is 3.95. The van der Waals surface area contributed by atoms with Crippen LogP contribution >= 0.6 is 65.2 Å². The first-order valence-corrected chi connectivity index (χ1v) is 54.6. The van der Waals surface area contributed by atoms with Crippen LogP contribution in [0.15, 0.2) is 364 Å². The minimum atomic E-state index is -1.12. The number of hydrogen-bond donors (Lipinski definition) is 4. The zero-order valence-electron chi connectivity index (χ0n) is 74.5. The van der Waals surface area contributed by atoms with Crippen LogP contribution in [0, 0.1) is 0 Å². The van der Waals surface area contributed by atoms with Crippen molar-refractivity contribution in [1.82, 2.24) is 38.1 Å². The van der Waals surface area contributed by atoms with Crippen molar-refractivity contribution in [1.29, 1.82) is 0 Å². The van der Waals surface area contributed by atoms with Crippen molar-refractivity contribution in [3.8, 4) is 0 Å². The Morgan fingerprint density at radius 2 is 0.292 bits per heavy atom. The number of nitrogens with zero attached hydrogens (tertiary/aromatic N) is 4. The van der Waals surface area contributed by atoms with Crippen LogP contribution in [-0.4, -0.2) is 66.1 Å². The summed E-state index contributed by atoms with van der Waals surface area (Å²) < 4.78 is 11.2. The van der Waals surface area contributed by atoms with Crippen molar-refractivity contribution in [2.24, 2.45) is 0 Å². The third-order valence-corrected chi connectivity index (χ3v) is 46.5. The number of rotatable bonds is 35. The fraction of sp³-hybridized carbons (Fsp3) is 0.294. The molecule has 18 heteroatoms. The topological polar surface area (TPSA) is 61.1 Å². The van der Waals surface area contributed by atoms with Gasteiger partial charge < -0.3 is 0 Å². The average Bonchev–Trinajstić information content (AvgIpc) is 0.806. The maximum Gasteiger partial charge on any atom is 0.209 e. The molecule has 120 heavy (non-hydrogen) atoms. The van der Waals surface area contributed by atoms with Crippen LogP contribution < -0.4 is 84.0 Å². The van der Waals surface area contributed by atoms with Gasteiger partial charge in [0.15, 0.2) is 32.3 Å². The molecule has 12 aromatic rings. The minimum Gasteiger partial charge on any atom is -0.168 e. The summed E-state index contributed by atoms with van der Waals surface area (Å²) in [5.41, 5.74) is 0. The largest absolute Gasteiger partial charge is 0.209 e. The maximum atomic E-state index is 3.95. The molecule has 0 saturated heterocycles. The van der Waals surface area contributed by atoms with Crippen LogP contribution in [0.1, 0.15) is 150 Å². The number of hydrogen-bond acceptors (Lipinski definition) is 8. The standard InChI is InChI=1S/4C24H30N2P2.C6H14.2Ni/c4*1-20(2)25-28(24-18-12-7-13-19-24)26(21(3)4)27(22-14-8-5-9-15-22)23-16-10-6-11-17-23;1-3-5-6-4-2;;/h4*5-21,28H,1-4H3;3-6H2,1-2H3;;/p+8. The SMILES string of the molecule is CC(C)N[PH+](c1ccccc1)N(C(C)C)[PH+](c1ccccc1)c1ccccc1.CC(C)N[PH+](c1ccccc1)N(C(C)C)[PH+](c1ccccc1)c1ccccc1.CC(C)N[PH+](c1ccccc1)N(C(C)C)[PH+](c1ccccc1)c1ccccc1.CC(C)N[PH+](c1ccccc1)N(C(C)C)[PH+](c1ccccc1)c1ccccc1.CCCCCC.[Ni].[Ni]. The summed E-state index contributed by atoms with van der Waals surface area (Å²) in [6, 6.07) is 136. The van der Waals surface area contributed by atoms with Crippen molar-refractivity contribution in [2.75, 3.05) is 0 Å². The Balaban J connectivity index is 0.000000241. The molecule has 0 spiro atoms. The van der Waals surface area contributed by atoms with Crippen LogP contribution in [0.2, 0.25) is 0 Å². The molecule has 8 nitrogen and oxygen atoms in total. The Morgan fingerprint density at radius 3 is 0.383 bits per heavy atom. The molecule has 0 bridgehead atoms. The summed E-state index contributed by atoms with van der Waals surface area (Å²) >= 11 is 0. The van der Waals surface area contributed by atoms with E-state index in [0.717, 1.165) is 0 Å². The quantitative estimate of drug-likeness (QED) is 0.0178. The Bertz CT molecular complexity index is 3800. The Labute approximate surface area is 756 Å². The van der Waals surface area contributed by atoms with Gasteiger partial charge in [-0.2, -0.15) is 20.3 Å². The average molecular weight is 1850 g/mol. The zero-order chi connectivity index (χ0) is 84.6. The van der Waals surface area contributed by atoms with E-state index in [4.69, 9.17) is 0 Å². The smallest absolute Gasteiger partial charge is 0.168 e. The van der Waals surface area contributed by atoms with E-state index in [1.54, 1.807) is 0 Å². The molecular formula is C102H142N8Ni2P8+8. The summed E-state index contributed by atoms with van der Waals surface area (Å²) in [5.74, 6) is 0. The monoisotopic (exact) mass is 1840 g/mol. The van der Waals surface area contributed by atoms with Crippen LogP contribution in [0.5, 0.6) is 0 Å². The fourth-order valence-corrected chi connectivity index (χ4v) is 41.5. The first-order chi connectivity index (χ1) is 57.2. The third-order valence-electron chi connectivity index (χ3n) is 19.2. The summed E-state index contributed by atoms with van der Waals surface area (Å²) in [6.45, 7) is 41.2. The van der Waals surface area contributed by atoms with Gasteiger partial charge in [0.1, 0.15) is 63.7 Å². The molecule has 0 heterocycles. The Kier molecular flexibility index (Phi) is 49.5. The molecule has 0 radical (unpaired) electrons. The van der Waals surface area contributed by atoms with Gasteiger partial charge in [-0.1, -0.05) is 258 Å². The molecule has 0 aromatic heterocycles. The predicted molar refractivity (Wildman–Crippen MR) is 550 cm³/mol. The van der Waals surface area contributed by atoms with Crippen molar-refractivity contribution in [2.45, 2.75) is 199 Å². The molecule has 0 aliphatic rings. The first-order valence-electron chi connectivity index (χ1n) is 43.1. The van der Waals surface area contributed by atoms with Crippen LogP contribution in [0.4, 0.5) is 0 Å².